The largest absolute Gasteiger partial charge is 0.507 e. The minimum absolute atomic E-state index is 0.0304. The molecule has 0 spiro atoms. The highest BCUT2D eigenvalue weighted by Gasteiger charge is 2.39. The Balaban J connectivity index is 1.68. The number of aryl methyl sites for hydroxylation is 1. The minimum Gasteiger partial charge on any atom is -0.507 e. The number of para-hydroxylation sites is 2. The Kier molecular flexibility index (Phi) is 5.88. The van der Waals surface area contributed by atoms with E-state index in [1.165, 1.54) is 11.8 Å². The fraction of sp³-hybridized carbons (Fsp3) is 0.167. The highest BCUT2D eigenvalue weighted by atomic mass is 32.2. The molecule has 3 aromatic carbocycles. The number of phenols is 1. The maximum absolute atomic E-state index is 13.3. The van der Waals surface area contributed by atoms with Gasteiger partial charge in [0.2, 0.25) is 5.91 Å². The molecule has 4 rings (SSSR count). The lowest BCUT2D eigenvalue weighted by Gasteiger charge is -2.16. The predicted octanol–water partition coefficient (Wildman–Crippen LogP) is 4.57. The third-order valence-electron chi connectivity index (χ3n) is 4.96. The number of anilines is 1. The second-order valence-corrected chi connectivity index (χ2v) is 8.30. The first-order valence-corrected chi connectivity index (χ1v) is 10.6. The summed E-state index contributed by atoms with van der Waals surface area (Å²) in [6.45, 7) is 1.54. The Morgan fingerprint density at radius 2 is 1.70 bits per heavy atom. The zero-order valence-corrected chi connectivity index (χ0v) is 17.3. The number of thioether (sulfide) groups is 1. The Bertz CT molecular complexity index is 1080. The molecular formula is C24H22N2O3S. The second-order valence-electron chi connectivity index (χ2n) is 7.13. The molecule has 1 unspecified atom stereocenters. The molecule has 0 aromatic heterocycles. The van der Waals surface area contributed by atoms with Gasteiger partial charge in [0.15, 0.2) is 5.17 Å². The topological polar surface area (TPSA) is 73.1 Å². The normalized spacial score (nSPS) is 17.7. The number of carbonyl (C=O) groups excluding carboxylic acids is 1. The van der Waals surface area contributed by atoms with Crippen LogP contribution in [-0.4, -0.2) is 26.5 Å². The number of hydrogen-bond acceptors (Lipinski definition) is 5. The fourth-order valence-electron chi connectivity index (χ4n) is 3.49. The van der Waals surface area contributed by atoms with Crippen molar-refractivity contribution >= 4 is 34.2 Å². The molecular weight excluding hydrogens is 396 g/mol. The first-order valence-electron chi connectivity index (χ1n) is 9.68. The Morgan fingerprint density at radius 3 is 2.37 bits per heavy atom. The third kappa shape index (κ3) is 4.10. The first-order chi connectivity index (χ1) is 14.6. The zero-order chi connectivity index (χ0) is 21.1. The van der Waals surface area contributed by atoms with Crippen molar-refractivity contribution in [1.82, 2.24) is 0 Å². The lowest BCUT2D eigenvalue weighted by Crippen LogP contribution is -2.32. The molecule has 1 amide bonds. The summed E-state index contributed by atoms with van der Waals surface area (Å²) in [5.74, 6) is 0.0704. The van der Waals surface area contributed by atoms with Crippen LogP contribution in [0, 0.1) is 6.92 Å². The number of nitrogens with zero attached hydrogens (tertiary/aromatic N) is 2. The number of amidine groups is 1. The SMILES string of the molecule is Cc1cc(CC2S/C(=N\c3ccccc3)N(c3ccccc3)C2=O)cc(CO)c1O. The van der Waals surface area contributed by atoms with E-state index in [2.05, 4.69) is 0 Å². The van der Waals surface area contributed by atoms with Crippen molar-refractivity contribution in [2.75, 3.05) is 4.90 Å². The molecule has 1 atom stereocenters. The molecule has 3 aromatic rings. The molecule has 5 nitrogen and oxygen atoms in total. The van der Waals surface area contributed by atoms with Gasteiger partial charge in [0.05, 0.1) is 23.2 Å². The standard InChI is InChI=1S/C24H22N2O3S/c1-16-12-17(13-18(15-27)22(16)28)14-21-23(29)26(20-10-6-3-7-11-20)24(30-21)25-19-8-4-2-5-9-19/h2-13,21,27-28H,14-15H2,1H3/b25-24-. The van der Waals surface area contributed by atoms with Crippen LogP contribution in [-0.2, 0) is 17.8 Å². The lowest BCUT2D eigenvalue weighted by molar-refractivity contribution is -0.116. The van der Waals surface area contributed by atoms with Crippen LogP contribution in [0.25, 0.3) is 0 Å². The van der Waals surface area contributed by atoms with E-state index < -0.39 is 0 Å². The van der Waals surface area contributed by atoms with Gasteiger partial charge in [0.1, 0.15) is 5.75 Å². The number of aliphatic hydroxyl groups excluding tert-OH is 1. The predicted molar refractivity (Wildman–Crippen MR) is 121 cm³/mol. The molecule has 2 N–H and O–H groups in total. The van der Waals surface area contributed by atoms with E-state index >= 15 is 0 Å². The quantitative estimate of drug-likeness (QED) is 0.637. The summed E-state index contributed by atoms with van der Waals surface area (Å²) in [6.07, 6.45) is 0.481. The third-order valence-corrected chi connectivity index (χ3v) is 6.10. The van der Waals surface area contributed by atoms with Gasteiger partial charge >= 0.3 is 0 Å². The van der Waals surface area contributed by atoms with Crippen molar-refractivity contribution in [2.24, 2.45) is 4.99 Å². The Morgan fingerprint density at radius 1 is 1.03 bits per heavy atom. The van der Waals surface area contributed by atoms with Crippen LogP contribution in [0.15, 0.2) is 77.8 Å². The molecule has 0 saturated carbocycles. The summed E-state index contributed by atoms with van der Waals surface area (Å²) in [4.78, 5) is 19.7. The summed E-state index contributed by atoms with van der Waals surface area (Å²) in [5.41, 5.74) is 3.63. The van der Waals surface area contributed by atoms with Crippen LogP contribution >= 0.6 is 11.8 Å². The molecule has 1 heterocycles. The van der Waals surface area contributed by atoms with Crippen LogP contribution in [0.5, 0.6) is 5.75 Å². The minimum atomic E-state index is -0.344. The van der Waals surface area contributed by atoms with Crippen molar-refractivity contribution in [3.63, 3.8) is 0 Å². The lowest BCUT2D eigenvalue weighted by atomic mass is 10.0. The summed E-state index contributed by atoms with van der Waals surface area (Å²) in [7, 11) is 0. The highest BCUT2D eigenvalue weighted by molar-refractivity contribution is 8.16. The molecule has 6 heteroatoms. The number of rotatable bonds is 5. The molecule has 1 aliphatic rings. The summed E-state index contributed by atoms with van der Waals surface area (Å²) < 4.78 is 0. The molecule has 30 heavy (non-hydrogen) atoms. The highest BCUT2D eigenvalue weighted by Crippen LogP contribution is 2.36. The van der Waals surface area contributed by atoms with E-state index in [0.717, 1.165) is 16.9 Å². The zero-order valence-electron chi connectivity index (χ0n) is 16.5. The number of hydrogen-bond donors (Lipinski definition) is 2. The average molecular weight is 419 g/mol. The number of carbonyl (C=O) groups is 1. The van der Waals surface area contributed by atoms with Crippen LogP contribution in [0.1, 0.15) is 16.7 Å². The monoisotopic (exact) mass is 418 g/mol. The van der Waals surface area contributed by atoms with Gasteiger partial charge in [0.25, 0.3) is 0 Å². The van der Waals surface area contributed by atoms with E-state index in [1.807, 2.05) is 66.7 Å². The maximum Gasteiger partial charge on any atom is 0.247 e. The summed E-state index contributed by atoms with van der Waals surface area (Å²) in [5, 5.41) is 19.9. The van der Waals surface area contributed by atoms with Crippen molar-refractivity contribution < 1.29 is 15.0 Å². The summed E-state index contributed by atoms with van der Waals surface area (Å²) in [6, 6.07) is 22.7. The van der Waals surface area contributed by atoms with Gasteiger partial charge in [-0.1, -0.05) is 54.2 Å². The van der Waals surface area contributed by atoms with Crippen LogP contribution in [0.4, 0.5) is 11.4 Å². The van der Waals surface area contributed by atoms with Gasteiger partial charge in [-0.2, -0.15) is 0 Å². The van der Waals surface area contributed by atoms with Gasteiger partial charge in [-0.15, -0.1) is 0 Å². The molecule has 0 radical (unpaired) electrons. The molecule has 1 saturated heterocycles. The van der Waals surface area contributed by atoms with Crippen molar-refractivity contribution in [1.29, 1.82) is 0 Å². The Labute approximate surface area is 179 Å². The molecule has 1 aliphatic heterocycles. The number of benzene rings is 3. The van der Waals surface area contributed by atoms with Crippen molar-refractivity contribution in [2.45, 2.75) is 25.2 Å². The average Bonchev–Trinajstić information content (AvgIpc) is 3.06. The van der Waals surface area contributed by atoms with Crippen LogP contribution in [0.3, 0.4) is 0 Å². The van der Waals surface area contributed by atoms with E-state index in [4.69, 9.17) is 4.99 Å². The number of amides is 1. The van der Waals surface area contributed by atoms with Crippen molar-refractivity contribution in [3.05, 3.63) is 89.5 Å². The number of aliphatic imine (C=N–C) groups is 1. The maximum atomic E-state index is 13.3. The van der Waals surface area contributed by atoms with Gasteiger partial charge in [-0.05, 0) is 54.8 Å². The summed E-state index contributed by atoms with van der Waals surface area (Å²) >= 11 is 1.44. The molecule has 1 fully saturated rings. The van der Waals surface area contributed by atoms with Gasteiger partial charge in [-0.25, -0.2) is 4.99 Å². The van der Waals surface area contributed by atoms with E-state index in [-0.39, 0.29) is 23.5 Å². The van der Waals surface area contributed by atoms with Crippen LogP contribution < -0.4 is 4.90 Å². The fourth-order valence-corrected chi connectivity index (χ4v) is 4.68. The molecule has 0 aliphatic carbocycles. The van der Waals surface area contributed by atoms with Gasteiger partial charge in [0, 0.05) is 5.56 Å². The molecule has 0 bridgehead atoms. The van der Waals surface area contributed by atoms with Gasteiger partial charge in [-0.3, -0.25) is 9.69 Å². The first kappa shape index (κ1) is 20.2. The van der Waals surface area contributed by atoms with E-state index in [1.54, 1.807) is 17.9 Å². The van der Waals surface area contributed by atoms with E-state index in [0.29, 0.717) is 22.7 Å². The number of aliphatic hydroxyl groups is 1. The smallest absolute Gasteiger partial charge is 0.247 e. The van der Waals surface area contributed by atoms with Crippen molar-refractivity contribution in [3.8, 4) is 5.75 Å². The van der Waals surface area contributed by atoms with Crippen LogP contribution in [0.2, 0.25) is 0 Å². The van der Waals surface area contributed by atoms with E-state index in [9.17, 15) is 15.0 Å². The van der Waals surface area contributed by atoms with Gasteiger partial charge < -0.3 is 10.2 Å². The molecule has 152 valence electrons. The number of aromatic hydroxyl groups is 1. The second kappa shape index (κ2) is 8.73. The Hall–Kier alpha value is -3.09.